The molecule has 182 valence electrons. The van der Waals surface area contributed by atoms with E-state index in [1.54, 1.807) is 7.11 Å². The lowest BCUT2D eigenvalue weighted by atomic mass is 10.1. The molecule has 5 rings (SSSR count). The zero-order valence-electron chi connectivity index (χ0n) is 20.6. The minimum Gasteiger partial charge on any atom is -0.497 e. The minimum absolute atomic E-state index is 0.0277. The Morgan fingerprint density at radius 2 is 1.49 bits per heavy atom. The number of nitrogens with zero attached hydrogens (tertiary/aromatic N) is 3. The maximum Gasteiger partial charge on any atom is 0.255 e. The van der Waals surface area contributed by atoms with Crippen molar-refractivity contribution in [1.82, 2.24) is 14.4 Å². The van der Waals surface area contributed by atoms with Crippen LogP contribution in [0.3, 0.4) is 0 Å². The van der Waals surface area contributed by atoms with Crippen LogP contribution in [0.5, 0.6) is 5.75 Å². The standard InChI is InChI=1S/C29H33N3O3/c1-21-26(29(34)31-18-16-30(17-19-31)28(33)23-8-6-7-9-23)20-27(22-12-14-25(35-2)15-13-22)32(21)24-10-4-3-5-11-24/h3-5,10-15,20,23H,6-9,16-19H2,1-2H3. The molecule has 0 atom stereocenters. The van der Waals surface area contributed by atoms with E-state index in [0.29, 0.717) is 31.7 Å². The summed E-state index contributed by atoms with van der Waals surface area (Å²) in [4.78, 5) is 30.3. The number of carbonyl (C=O) groups is 2. The number of amides is 2. The fourth-order valence-corrected chi connectivity index (χ4v) is 5.44. The van der Waals surface area contributed by atoms with Crippen LogP contribution in [0.15, 0.2) is 60.7 Å². The number of hydrogen-bond acceptors (Lipinski definition) is 3. The van der Waals surface area contributed by atoms with E-state index in [1.807, 2.05) is 65.3 Å². The summed E-state index contributed by atoms with van der Waals surface area (Å²) in [7, 11) is 1.66. The smallest absolute Gasteiger partial charge is 0.255 e. The van der Waals surface area contributed by atoms with Gasteiger partial charge >= 0.3 is 0 Å². The highest BCUT2D eigenvalue weighted by molar-refractivity contribution is 5.97. The van der Waals surface area contributed by atoms with Crippen molar-refractivity contribution >= 4 is 11.8 Å². The molecule has 1 aliphatic carbocycles. The Kier molecular flexibility index (Phi) is 6.62. The number of benzene rings is 2. The van der Waals surface area contributed by atoms with Crippen LogP contribution >= 0.6 is 0 Å². The van der Waals surface area contributed by atoms with Gasteiger partial charge in [-0.25, -0.2) is 0 Å². The first-order valence-electron chi connectivity index (χ1n) is 12.6. The number of rotatable bonds is 5. The summed E-state index contributed by atoms with van der Waals surface area (Å²) >= 11 is 0. The van der Waals surface area contributed by atoms with Gasteiger partial charge in [-0.05, 0) is 67.8 Å². The van der Waals surface area contributed by atoms with Gasteiger partial charge in [0, 0.05) is 43.5 Å². The van der Waals surface area contributed by atoms with E-state index in [9.17, 15) is 9.59 Å². The third-order valence-electron chi connectivity index (χ3n) is 7.46. The molecule has 0 spiro atoms. The molecule has 0 N–H and O–H groups in total. The molecule has 2 fully saturated rings. The predicted octanol–water partition coefficient (Wildman–Crippen LogP) is 4.94. The molecule has 1 aliphatic heterocycles. The Morgan fingerprint density at radius 3 is 2.11 bits per heavy atom. The number of carbonyl (C=O) groups excluding carboxylic acids is 2. The number of methoxy groups -OCH3 is 1. The number of piperazine rings is 1. The average molecular weight is 472 g/mol. The summed E-state index contributed by atoms with van der Waals surface area (Å²) < 4.78 is 7.48. The Labute approximate surface area is 207 Å². The Balaban J connectivity index is 1.41. The first kappa shape index (κ1) is 23.2. The van der Waals surface area contributed by atoms with Gasteiger partial charge in [-0.2, -0.15) is 0 Å². The van der Waals surface area contributed by atoms with Crippen LogP contribution in [0.2, 0.25) is 0 Å². The van der Waals surface area contributed by atoms with E-state index in [0.717, 1.165) is 54.1 Å². The lowest BCUT2D eigenvalue weighted by Crippen LogP contribution is -2.51. The third kappa shape index (κ3) is 4.57. The van der Waals surface area contributed by atoms with E-state index in [4.69, 9.17) is 4.74 Å². The van der Waals surface area contributed by atoms with Crippen molar-refractivity contribution in [3.8, 4) is 22.7 Å². The van der Waals surface area contributed by atoms with Crippen molar-refractivity contribution in [1.29, 1.82) is 0 Å². The van der Waals surface area contributed by atoms with Gasteiger partial charge in [0.1, 0.15) is 5.75 Å². The van der Waals surface area contributed by atoms with Crippen molar-refractivity contribution in [2.45, 2.75) is 32.6 Å². The monoisotopic (exact) mass is 471 g/mol. The maximum absolute atomic E-state index is 13.7. The van der Waals surface area contributed by atoms with Gasteiger partial charge < -0.3 is 19.1 Å². The highest BCUT2D eigenvalue weighted by Gasteiger charge is 2.32. The van der Waals surface area contributed by atoms with Crippen LogP contribution in [0.1, 0.15) is 41.7 Å². The second kappa shape index (κ2) is 9.98. The maximum atomic E-state index is 13.7. The normalized spacial score (nSPS) is 16.5. The number of para-hydroxylation sites is 1. The molecule has 2 aromatic carbocycles. The van der Waals surface area contributed by atoms with Gasteiger partial charge in [0.2, 0.25) is 5.91 Å². The summed E-state index contributed by atoms with van der Waals surface area (Å²) in [6.07, 6.45) is 4.34. The number of hydrogen-bond donors (Lipinski definition) is 0. The van der Waals surface area contributed by atoms with E-state index in [2.05, 4.69) is 16.7 Å². The fraction of sp³-hybridized carbons (Fsp3) is 0.379. The summed E-state index contributed by atoms with van der Waals surface area (Å²) in [5.41, 5.74) is 4.62. The first-order chi connectivity index (χ1) is 17.1. The molecule has 0 bridgehead atoms. The average Bonchev–Trinajstić information content (AvgIpc) is 3.57. The molecule has 1 saturated carbocycles. The van der Waals surface area contributed by atoms with E-state index < -0.39 is 0 Å². The Morgan fingerprint density at radius 1 is 0.857 bits per heavy atom. The largest absolute Gasteiger partial charge is 0.497 e. The second-order valence-corrected chi connectivity index (χ2v) is 9.53. The first-order valence-corrected chi connectivity index (χ1v) is 12.6. The highest BCUT2D eigenvalue weighted by Crippen LogP contribution is 2.32. The van der Waals surface area contributed by atoms with Crippen LogP contribution in [0.25, 0.3) is 16.9 Å². The molecular weight excluding hydrogens is 438 g/mol. The lowest BCUT2D eigenvalue weighted by Gasteiger charge is -2.36. The molecule has 0 radical (unpaired) electrons. The molecule has 1 aromatic heterocycles. The second-order valence-electron chi connectivity index (χ2n) is 9.53. The Bertz CT molecular complexity index is 1190. The summed E-state index contributed by atoms with van der Waals surface area (Å²) in [5, 5.41) is 0. The van der Waals surface area contributed by atoms with E-state index in [1.165, 1.54) is 0 Å². The predicted molar refractivity (Wildman–Crippen MR) is 137 cm³/mol. The van der Waals surface area contributed by atoms with Crippen LogP contribution in [-0.2, 0) is 4.79 Å². The molecular formula is C29H33N3O3. The van der Waals surface area contributed by atoms with Gasteiger partial charge in [-0.15, -0.1) is 0 Å². The summed E-state index contributed by atoms with van der Waals surface area (Å²) in [6.45, 7) is 4.39. The van der Waals surface area contributed by atoms with Gasteiger partial charge in [0.05, 0.1) is 18.4 Å². The summed E-state index contributed by atoms with van der Waals surface area (Å²) in [6, 6.07) is 20.1. The summed E-state index contributed by atoms with van der Waals surface area (Å²) in [5.74, 6) is 1.29. The van der Waals surface area contributed by atoms with Gasteiger partial charge in [-0.3, -0.25) is 9.59 Å². The topological polar surface area (TPSA) is 54.8 Å². The lowest BCUT2D eigenvalue weighted by molar-refractivity contribution is -0.136. The van der Waals surface area contributed by atoms with Crippen molar-refractivity contribution in [2.75, 3.05) is 33.3 Å². The molecule has 35 heavy (non-hydrogen) atoms. The molecule has 0 unspecified atom stereocenters. The molecule has 3 aromatic rings. The fourth-order valence-electron chi connectivity index (χ4n) is 5.44. The molecule has 6 nitrogen and oxygen atoms in total. The number of aromatic nitrogens is 1. The van der Waals surface area contributed by atoms with Crippen molar-refractivity contribution in [3.63, 3.8) is 0 Å². The van der Waals surface area contributed by atoms with Crippen LogP contribution in [0, 0.1) is 12.8 Å². The van der Waals surface area contributed by atoms with Gasteiger partial charge in [0.15, 0.2) is 0 Å². The van der Waals surface area contributed by atoms with E-state index in [-0.39, 0.29) is 17.7 Å². The van der Waals surface area contributed by atoms with Crippen molar-refractivity contribution in [3.05, 3.63) is 71.9 Å². The zero-order valence-corrected chi connectivity index (χ0v) is 20.6. The minimum atomic E-state index is 0.0277. The zero-order chi connectivity index (χ0) is 24.4. The molecule has 2 aliphatic rings. The van der Waals surface area contributed by atoms with Gasteiger partial charge in [0.25, 0.3) is 5.91 Å². The Hall–Kier alpha value is -3.54. The van der Waals surface area contributed by atoms with E-state index >= 15 is 0 Å². The van der Waals surface area contributed by atoms with Crippen LogP contribution in [0.4, 0.5) is 0 Å². The molecule has 2 heterocycles. The third-order valence-corrected chi connectivity index (χ3v) is 7.46. The molecule has 1 saturated heterocycles. The van der Waals surface area contributed by atoms with Crippen molar-refractivity contribution in [2.24, 2.45) is 5.92 Å². The molecule has 6 heteroatoms. The van der Waals surface area contributed by atoms with Gasteiger partial charge in [-0.1, -0.05) is 31.0 Å². The van der Waals surface area contributed by atoms with Crippen molar-refractivity contribution < 1.29 is 14.3 Å². The van der Waals surface area contributed by atoms with Crippen LogP contribution in [-0.4, -0.2) is 59.5 Å². The SMILES string of the molecule is COc1ccc(-c2cc(C(=O)N3CCN(C(=O)C4CCCC4)CC3)c(C)n2-c2ccccc2)cc1. The highest BCUT2D eigenvalue weighted by atomic mass is 16.5. The van der Waals surface area contributed by atoms with Crippen LogP contribution < -0.4 is 4.74 Å². The quantitative estimate of drug-likeness (QED) is 0.530. The molecule has 2 amide bonds. The number of ether oxygens (including phenoxy) is 1.